The van der Waals surface area contributed by atoms with Crippen molar-refractivity contribution in [2.24, 2.45) is 10.9 Å². The summed E-state index contributed by atoms with van der Waals surface area (Å²) >= 11 is 0. The Morgan fingerprint density at radius 2 is 2.22 bits per heavy atom. The largest absolute Gasteiger partial charge is 0.396 e. The van der Waals surface area contributed by atoms with Crippen molar-refractivity contribution in [3.05, 3.63) is 0 Å². The van der Waals surface area contributed by atoms with E-state index in [0.29, 0.717) is 19.1 Å². The smallest absolute Gasteiger partial charge is 0.191 e. The second kappa shape index (κ2) is 13.6. The van der Waals surface area contributed by atoms with Crippen molar-refractivity contribution in [1.29, 1.82) is 0 Å². The summed E-state index contributed by atoms with van der Waals surface area (Å²) in [5.41, 5.74) is 0. The van der Waals surface area contributed by atoms with Crippen molar-refractivity contribution >= 4 is 5.96 Å². The van der Waals surface area contributed by atoms with E-state index in [4.69, 9.17) is 14.6 Å². The molecule has 2 unspecified atom stereocenters. The molecule has 6 heteroatoms. The third-order valence-electron chi connectivity index (χ3n) is 3.95. The van der Waals surface area contributed by atoms with Crippen LogP contribution < -0.4 is 10.6 Å². The molecule has 1 fully saturated rings. The van der Waals surface area contributed by atoms with Crippen LogP contribution in [0.5, 0.6) is 0 Å². The highest BCUT2D eigenvalue weighted by molar-refractivity contribution is 5.79. The Morgan fingerprint density at radius 3 is 2.87 bits per heavy atom. The van der Waals surface area contributed by atoms with E-state index in [0.717, 1.165) is 64.3 Å². The maximum Gasteiger partial charge on any atom is 0.191 e. The number of guanidine groups is 1. The summed E-state index contributed by atoms with van der Waals surface area (Å²) in [5, 5.41) is 15.7. The average molecular weight is 329 g/mol. The first-order chi connectivity index (χ1) is 11.3. The predicted octanol–water partition coefficient (Wildman–Crippen LogP) is 1.54. The molecule has 0 radical (unpaired) electrons. The first kappa shape index (κ1) is 20.2. The lowest BCUT2D eigenvalue weighted by molar-refractivity contribution is 0.0191. The molecular weight excluding hydrogens is 294 g/mol. The quantitative estimate of drug-likeness (QED) is 0.288. The molecule has 0 aliphatic carbocycles. The summed E-state index contributed by atoms with van der Waals surface area (Å²) in [6, 6.07) is 0. The molecule has 0 aromatic rings. The van der Waals surface area contributed by atoms with Gasteiger partial charge < -0.3 is 25.2 Å². The normalized spacial score (nSPS) is 19.8. The minimum atomic E-state index is 0.237. The fourth-order valence-corrected chi connectivity index (χ4v) is 2.71. The summed E-state index contributed by atoms with van der Waals surface area (Å²) < 4.78 is 11.2. The number of aliphatic imine (C=N–C) groups is 1. The van der Waals surface area contributed by atoms with E-state index in [9.17, 15) is 0 Å². The zero-order valence-electron chi connectivity index (χ0n) is 14.9. The summed E-state index contributed by atoms with van der Waals surface area (Å²) in [7, 11) is 0. The van der Waals surface area contributed by atoms with Gasteiger partial charge in [-0.05, 0) is 38.5 Å². The van der Waals surface area contributed by atoms with Crippen LogP contribution in [0.25, 0.3) is 0 Å². The molecule has 0 aromatic heterocycles. The van der Waals surface area contributed by atoms with E-state index in [1.807, 2.05) is 0 Å². The van der Waals surface area contributed by atoms with Crippen molar-refractivity contribution in [1.82, 2.24) is 10.6 Å². The van der Waals surface area contributed by atoms with Crippen molar-refractivity contribution in [3.63, 3.8) is 0 Å². The van der Waals surface area contributed by atoms with Crippen LogP contribution in [0.15, 0.2) is 4.99 Å². The summed E-state index contributed by atoms with van der Waals surface area (Å²) in [6.07, 6.45) is 5.60. The number of nitrogens with one attached hydrogen (secondary N) is 2. The van der Waals surface area contributed by atoms with Gasteiger partial charge in [-0.1, -0.05) is 13.3 Å². The number of hydrogen-bond acceptors (Lipinski definition) is 4. The zero-order chi connectivity index (χ0) is 16.8. The Morgan fingerprint density at radius 1 is 1.35 bits per heavy atom. The minimum Gasteiger partial charge on any atom is -0.396 e. The second-order valence-electron chi connectivity index (χ2n) is 6.02. The standard InChI is InChI=1S/C17H35N3O3/c1-3-6-15(8-10-21)13-20-17(18-4-2)19-9-12-22-14-16-7-5-11-23-16/h15-16,21H,3-14H2,1-2H3,(H2,18,19,20). The maximum atomic E-state index is 9.12. The van der Waals surface area contributed by atoms with Gasteiger partial charge in [0.1, 0.15) is 0 Å². The van der Waals surface area contributed by atoms with Crippen LogP contribution in [-0.4, -0.2) is 63.2 Å². The highest BCUT2D eigenvalue weighted by Crippen LogP contribution is 2.12. The van der Waals surface area contributed by atoms with Gasteiger partial charge in [0.15, 0.2) is 5.96 Å². The Labute approximate surface area is 141 Å². The molecule has 0 amide bonds. The van der Waals surface area contributed by atoms with Crippen LogP contribution in [0.1, 0.15) is 46.0 Å². The highest BCUT2D eigenvalue weighted by atomic mass is 16.5. The summed E-state index contributed by atoms with van der Waals surface area (Å²) in [6.45, 7) is 8.99. The lowest BCUT2D eigenvalue weighted by Gasteiger charge is -2.15. The molecule has 1 rings (SSSR count). The van der Waals surface area contributed by atoms with Gasteiger partial charge in [0.25, 0.3) is 0 Å². The first-order valence-electron chi connectivity index (χ1n) is 9.12. The monoisotopic (exact) mass is 329 g/mol. The van der Waals surface area contributed by atoms with Crippen LogP contribution in [0.2, 0.25) is 0 Å². The van der Waals surface area contributed by atoms with Crippen molar-refractivity contribution in [3.8, 4) is 0 Å². The highest BCUT2D eigenvalue weighted by Gasteiger charge is 2.15. The molecule has 23 heavy (non-hydrogen) atoms. The van der Waals surface area contributed by atoms with E-state index in [2.05, 4.69) is 29.5 Å². The van der Waals surface area contributed by atoms with E-state index in [1.54, 1.807) is 0 Å². The number of nitrogens with zero attached hydrogens (tertiary/aromatic N) is 1. The van der Waals surface area contributed by atoms with E-state index < -0.39 is 0 Å². The van der Waals surface area contributed by atoms with Crippen LogP contribution >= 0.6 is 0 Å². The van der Waals surface area contributed by atoms with E-state index in [-0.39, 0.29) is 12.7 Å². The van der Waals surface area contributed by atoms with Crippen LogP contribution in [0.4, 0.5) is 0 Å². The van der Waals surface area contributed by atoms with Gasteiger partial charge in [-0.25, -0.2) is 0 Å². The molecule has 0 aromatic carbocycles. The predicted molar refractivity (Wildman–Crippen MR) is 93.9 cm³/mol. The lowest BCUT2D eigenvalue weighted by atomic mass is 10.0. The summed E-state index contributed by atoms with van der Waals surface area (Å²) in [5.74, 6) is 1.28. The molecule has 136 valence electrons. The number of aliphatic hydroxyl groups is 1. The molecule has 1 heterocycles. The third kappa shape index (κ3) is 9.79. The lowest BCUT2D eigenvalue weighted by Crippen LogP contribution is -2.39. The third-order valence-corrected chi connectivity index (χ3v) is 3.95. The molecule has 1 saturated heterocycles. The molecule has 0 bridgehead atoms. The van der Waals surface area contributed by atoms with Gasteiger partial charge in [-0.15, -0.1) is 0 Å². The number of rotatable bonds is 12. The van der Waals surface area contributed by atoms with Gasteiger partial charge in [-0.3, -0.25) is 4.99 Å². The number of hydrogen-bond donors (Lipinski definition) is 3. The van der Waals surface area contributed by atoms with Crippen LogP contribution in [-0.2, 0) is 9.47 Å². The molecule has 2 atom stereocenters. The SMILES string of the molecule is CCCC(CCO)CN=C(NCC)NCCOCC1CCCO1. The molecule has 6 nitrogen and oxygen atoms in total. The molecule has 0 saturated carbocycles. The maximum absolute atomic E-state index is 9.12. The van der Waals surface area contributed by atoms with Crippen molar-refractivity contribution in [2.75, 3.05) is 46.1 Å². The molecule has 1 aliphatic rings. The first-order valence-corrected chi connectivity index (χ1v) is 9.12. The van der Waals surface area contributed by atoms with E-state index in [1.165, 1.54) is 0 Å². The Kier molecular flexibility index (Phi) is 11.9. The van der Waals surface area contributed by atoms with Gasteiger partial charge in [0.2, 0.25) is 0 Å². The number of ether oxygens (including phenoxy) is 2. The van der Waals surface area contributed by atoms with Gasteiger partial charge in [0.05, 0.1) is 19.3 Å². The molecule has 3 N–H and O–H groups in total. The number of aliphatic hydroxyl groups excluding tert-OH is 1. The van der Waals surface area contributed by atoms with Gasteiger partial charge >= 0.3 is 0 Å². The van der Waals surface area contributed by atoms with E-state index >= 15 is 0 Å². The molecule has 1 aliphatic heterocycles. The Hall–Kier alpha value is -0.850. The van der Waals surface area contributed by atoms with Crippen LogP contribution in [0.3, 0.4) is 0 Å². The minimum absolute atomic E-state index is 0.237. The fourth-order valence-electron chi connectivity index (χ4n) is 2.71. The molecule has 0 spiro atoms. The van der Waals surface area contributed by atoms with Crippen molar-refractivity contribution in [2.45, 2.75) is 52.1 Å². The Balaban J connectivity index is 2.21. The topological polar surface area (TPSA) is 75.1 Å². The second-order valence-corrected chi connectivity index (χ2v) is 6.02. The van der Waals surface area contributed by atoms with Gasteiger partial charge in [0, 0.05) is 32.8 Å². The summed E-state index contributed by atoms with van der Waals surface area (Å²) in [4.78, 5) is 4.63. The van der Waals surface area contributed by atoms with Crippen LogP contribution in [0, 0.1) is 5.92 Å². The Bertz CT molecular complexity index is 301. The van der Waals surface area contributed by atoms with Gasteiger partial charge in [-0.2, -0.15) is 0 Å². The van der Waals surface area contributed by atoms with Crippen molar-refractivity contribution < 1.29 is 14.6 Å². The fraction of sp³-hybridized carbons (Fsp3) is 0.941. The zero-order valence-corrected chi connectivity index (χ0v) is 14.9. The average Bonchev–Trinajstić information content (AvgIpc) is 3.05. The molecular formula is C17H35N3O3.